The molecule has 0 saturated carbocycles. The maximum Gasteiger partial charge on any atom is 0.251 e. The minimum Gasteiger partial charge on any atom is -0.508 e. The highest BCUT2D eigenvalue weighted by Gasteiger charge is 2.13. The molecule has 0 aliphatic rings. The number of anilines is 1. The lowest BCUT2D eigenvalue weighted by Crippen LogP contribution is -2.19. The van der Waals surface area contributed by atoms with Crippen LogP contribution >= 0.6 is 7.14 Å². The summed E-state index contributed by atoms with van der Waals surface area (Å²) in [5.74, 6) is -0.193. The number of aromatic nitrogens is 1. The van der Waals surface area contributed by atoms with Crippen LogP contribution < -0.4 is 10.6 Å². The molecule has 0 atom stereocenters. The standard InChI is InChI=1S/C18H24N3O3P/c1-12-16(18(23)19-2)8-15(9-17(12)22)20-10-13-6-5-7-14(21-13)11-25(3,4)24/h5-9,20,22H,10-11H2,1-4H3,(H,19,23). The number of hydrogen-bond donors (Lipinski definition) is 3. The molecule has 0 saturated heterocycles. The van der Waals surface area contributed by atoms with E-state index in [1.165, 1.54) is 0 Å². The lowest BCUT2D eigenvalue weighted by atomic mass is 10.1. The molecule has 0 unspecified atom stereocenters. The quantitative estimate of drug-likeness (QED) is 0.688. The summed E-state index contributed by atoms with van der Waals surface area (Å²) in [4.78, 5) is 16.4. The number of carbonyl (C=O) groups is 1. The minimum absolute atomic E-state index is 0.0585. The van der Waals surface area contributed by atoms with E-state index in [9.17, 15) is 14.5 Å². The molecule has 0 fully saturated rings. The molecule has 0 radical (unpaired) electrons. The van der Waals surface area contributed by atoms with Gasteiger partial charge in [-0.05, 0) is 38.5 Å². The van der Waals surface area contributed by atoms with Crippen LogP contribution in [0.25, 0.3) is 0 Å². The monoisotopic (exact) mass is 361 g/mol. The fourth-order valence-corrected chi connectivity index (χ4v) is 3.43. The number of aromatic hydroxyl groups is 1. The largest absolute Gasteiger partial charge is 0.508 e. The maximum absolute atomic E-state index is 12.0. The van der Waals surface area contributed by atoms with Crippen LogP contribution in [-0.2, 0) is 17.3 Å². The molecule has 0 aliphatic heterocycles. The Morgan fingerprint density at radius 3 is 2.56 bits per heavy atom. The number of hydrogen-bond acceptors (Lipinski definition) is 5. The van der Waals surface area contributed by atoms with Crippen molar-refractivity contribution in [1.29, 1.82) is 0 Å². The molecule has 0 aliphatic carbocycles. The minimum atomic E-state index is -2.18. The van der Waals surface area contributed by atoms with Crippen molar-refractivity contribution >= 4 is 18.7 Å². The molecule has 25 heavy (non-hydrogen) atoms. The molecule has 1 heterocycles. The Kier molecular flexibility index (Phi) is 5.85. The fourth-order valence-electron chi connectivity index (χ4n) is 2.47. The van der Waals surface area contributed by atoms with E-state index in [1.807, 2.05) is 18.2 Å². The highest BCUT2D eigenvalue weighted by Crippen LogP contribution is 2.39. The Labute approximate surface area is 148 Å². The molecular formula is C18H24N3O3P. The number of amides is 1. The summed E-state index contributed by atoms with van der Waals surface area (Å²) in [6.45, 7) is 5.62. The van der Waals surface area contributed by atoms with Crippen LogP contribution in [-0.4, -0.2) is 36.4 Å². The van der Waals surface area contributed by atoms with E-state index >= 15 is 0 Å². The summed E-state index contributed by atoms with van der Waals surface area (Å²) in [5, 5.41) is 15.8. The van der Waals surface area contributed by atoms with Crippen molar-refractivity contribution < 1.29 is 14.5 Å². The van der Waals surface area contributed by atoms with Crippen molar-refractivity contribution in [3.8, 4) is 5.75 Å². The normalized spacial score (nSPS) is 11.2. The average Bonchev–Trinajstić information content (AvgIpc) is 2.54. The Morgan fingerprint density at radius 2 is 1.92 bits per heavy atom. The van der Waals surface area contributed by atoms with Crippen LogP contribution in [0.4, 0.5) is 5.69 Å². The molecule has 2 rings (SSSR count). The van der Waals surface area contributed by atoms with Crippen LogP contribution in [0.3, 0.4) is 0 Å². The van der Waals surface area contributed by atoms with Gasteiger partial charge in [0.25, 0.3) is 5.91 Å². The van der Waals surface area contributed by atoms with Crippen molar-refractivity contribution in [2.75, 3.05) is 25.7 Å². The first-order chi connectivity index (χ1) is 11.7. The SMILES string of the molecule is CNC(=O)c1cc(NCc2cccc(CP(C)(C)=O)n2)cc(O)c1C. The summed E-state index contributed by atoms with van der Waals surface area (Å²) in [7, 11) is -0.628. The van der Waals surface area contributed by atoms with E-state index in [0.717, 1.165) is 11.4 Å². The summed E-state index contributed by atoms with van der Waals surface area (Å²) in [5.41, 5.74) is 3.18. The molecule has 3 N–H and O–H groups in total. The topological polar surface area (TPSA) is 91.3 Å². The number of phenols is 1. The van der Waals surface area contributed by atoms with Crippen molar-refractivity contribution in [3.63, 3.8) is 0 Å². The summed E-state index contributed by atoms with van der Waals surface area (Å²) >= 11 is 0. The third-order valence-electron chi connectivity index (χ3n) is 3.73. The molecule has 1 aromatic carbocycles. The molecule has 0 bridgehead atoms. The predicted octanol–water partition coefficient (Wildman–Crippen LogP) is 3.19. The fraction of sp³-hybridized carbons (Fsp3) is 0.333. The number of pyridine rings is 1. The third kappa shape index (κ3) is 5.33. The van der Waals surface area contributed by atoms with Gasteiger partial charge in [-0.25, -0.2) is 0 Å². The number of nitrogens with zero attached hydrogens (tertiary/aromatic N) is 1. The van der Waals surface area contributed by atoms with Crippen molar-refractivity contribution in [2.45, 2.75) is 19.6 Å². The van der Waals surface area contributed by atoms with Gasteiger partial charge in [-0.15, -0.1) is 0 Å². The van der Waals surface area contributed by atoms with Gasteiger partial charge in [0.1, 0.15) is 5.75 Å². The van der Waals surface area contributed by atoms with Crippen molar-refractivity contribution in [1.82, 2.24) is 10.3 Å². The van der Waals surface area contributed by atoms with Gasteiger partial charge in [-0.1, -0.05) is 6.07 Å². The van der Waals surface area contributed by atoms with Crippen LogP contribution in [0.15, 0.2) is 30.3 Å². The Hall–Kier alpha value is -2.33. The number of carbonyl (C=O) groups excluding carboxylic acids is 1. The summed E-state index contributed by atoms with van der Waals surface area (Å²) < 4.78 is 12.0. The molecule has 1 aromatic heterocycles. The van der Waals surface area contributed by atoms with E-state index in [4.69, 9.17) is 0 Å². The van der Waals surface area contributed by atoms with Crippen LogP contribution in [0.2, 0.25) is 0 Å². The van der Waals surface area contributed by atoms with Gasteiger partial charge in [0.15, 0.2) is 0 Å². The third-order valence-corrected chi connectivity index (χ3v) is 4.82. The van der Waals surface area contributed by atoms with Crippen LogP contribution in [0.1, 0.15) is 27.3 Å². The molecule has 1 amide bonds. The van der Waals surface area contributed by atoms with Crippen LogP contribution in [0.5, 0.6) is 5.75 Å². The predicted molar refractivity (Wildman–Crippen MR) is 101 cm³/mol. The average molecular weight is 361 g/mol. The molecular weight excluding hydrogens is 337 g/mol. The molecule has 0 spiro atoms. The molecule has 6 nitrogen and oxygen atoms in total. The Morgan fingerprint density at radius 1 is 1.24 bits per heavy atom. The first-order valence-corrected chi connectivity index (χ1v) is 10.8. The number of benzene rings is 1. The van der Waals surface area contributed by atoms with Gasteiger partial charge in [0.05, 0.1) is 19.4 Å². The summed E-state index contributed by atoms with van der Waals surface area (Å²) in [6, 6.07) is 8.91. The second-order valence-electron chi connectivity index (χ2n) is 6.45. The zero-order chi connectivity index (χ0) is 18.6. The van der Waals surface area contributed by atoms with Gasteiger partial charge in [-0.2, -0.15) is 0 Å². The van der Waals surface area contributed by atoms with E-state index in [1.54, 1.807) is 39.4 Å². The highest BCUT2D eigenvalue weighted by atomic mass is 31.2. The lowest BCUT2D eigenvalue weighted by Gasteiger charge is -2.12. The second-order valence-corrected chi connectivity index (χ2v) is 9.92. The van der Waals surface area contributed by atoms with Crippen molar-refractivity contribution in [2.24, 2.45) is 0 Å². The zero-order valence-corrected chi connectivity index (χ0v) is 15.9. The first kappa shape index (κ1) is 19.0. The smallest absolute Gasteiger partial charge is 0.251 e. The highest BCUT2D eigenvalue weighted by molar-refractivity contribution is 7.61. The van der Waals surface area contributed by atoms with E-state index < -0.39 is 7.14 Å². The second kappa shape index (κ2) is 7.70. The van der Waals surface area contributed by atoms with Gasteiger partial charge in [0.2, 0.25) is 0 Å². The van der Waals surface area contributed by atoms with E-state index in [2.05, 4.69) is 15.6 Å². The lowest BCUT2D eigenvalue weighted by molar-refractivity contribution is 0.0962. The van der Waals surface area contributed by atoms with Crippen molar-refractivity contribution in [3.05, 3.63) is 52.8 Å². The van der Waals surface area contributed by atoms with E-state index in [-0.39, 0.29) is 11.7 Å². The van der Waals surface area contributed by atoms with Crippen LogP contribution in [0, 0.1) is 6.92 Å². The van der Waals surface area contributed by atoms with Gasteiger partial charge in [-0.3, -0.25) is 9.78 Å². The molecule has 7 heteroatoms. The molecule has 2 aromatic rings. The number of phenolic OH excluding ortho intramolecular Hbond substituents is 1. The summed E-state index contributed by atoms with van der Waals surface area (Å²) in [6.07, 6.45) is 0.465. The Balaban J connectivity index is 2.16. The van der Waals surface area contributed by atoms with E-state index in [0.29, 0.717) is 29.5 Å². The van der Waals surface area contributed by atoms with Gasteiger partial charge >= 0.3 is 0 Å². The molecule has 134 valence electrons. The van der Waals surface area contributed by atoms with Gasteiger partial charge in [0, 0.05) is 41.8 Å². The maximum atomic E-state index is 12.0. The number of nitrogens with one attached hydrogen (secondary N) is 2. The number of rotatable bonds is 6. The first-order valence-electron chi connectivity index (χ1n) is 7.98. The Bertz CT molecular complexity index is 830. The van der Waals surface area contributed by atoms with Gasteiger partial charge < -0.3 is 20.3 Å². The zero-order valence-electron chi connectivity index (χ0n) is 15.0.